The van der Waals surface area contributed by atoms with Crippen molar-refractivity contribution in [3.05, 3.63) is 35.9 Å². The zero-order valence-corrected chi connectivity index (χ0v) is 11.2. The maximum Gasteiger partial charge on any atom is 0.409 e. The Morgan fingerprint density at radius 1 is 1.35 bits per heavy atom. The third-order valence-corrected chi connectivity index (χ3v) is 3.05. The van der Waals surface area contributed by atoms with E-state index < -0.39 is 12.3 Å². The van der Waals surface area contributed by atoms with E-state index in [0.29, 0.717) is 6.61 Å². The lowest BCUT2D eigenvalue weighted by Gasteiger charge is -2.35. The van der Waals surface area contributed by atoms with E-state index in [-0.39, 0.29) is 24.9 Å². The fourth-order valence-electron chi connectivity index (χ4n) is 1.83. The molecule has 0 saturated carbocycles. The SMILES string of the molecule is COC(=O)CC1COC1NC(=O)OCc1ccccc1. The van der Waals surface area contributed by atoms with Crippen LogP contribution >= 0.6 is 0 Å². The molecule has 6 nitrogen and oxygen atoms in total. The van der Waals surface area contributed by atoms with Crippen molar-refractivity contribution in [1.82, 2.24) is 5.32 Å². The van der Waals surface area contributed by atoms with Crippen LogP contribution in [0.4, 0.5) is 4.79 Å². The quantitative estimate of drug-likeness (QED) is 0.826. The van der Waals surface area contributed by atoms with E-state index in [1.807, 2.05) is 30.3 Å². The first kappa shape index (κ1) is 14.3. The van der Waals surface area contributed by atoms with Gasteiger partial charge in [-0.05, 0) is 5.56 Å². The lowest BCUT2D eigenvalue weighted by atomic mass is 10.0. The zero-order chi connectivity index (χ0) is 14.4. The number of esters is 1. The highest BCUT2D eigenvalue weighted by Crippen LogP contribution is 2.22. The molecule has 0 bridgehead atoms. The highest BCUT2D eigenvalue weighted by atomic mass is 16.6. The number of amides is 1. The van der Waals surface area contributed by atoms with Gasteiger partial charge in [0.2, 0.25) is 0 Å². The van der Waals surface area contributed by atoms with Crippen LogP contribution in [-0.4, -0.2) is 32.0 Å². The molecule has 0 radical (unpaired) electrons. The van der Waals surface area contributed by atoms with Gasteiger partial charge >= 0.3 is 12.1 Å². The van der Waals surface area contributed by atoms with E-state index in [0.717, 1.165) is 5.56 Å². The lowest BCUT2D eigenvalue weighted by molar-refractivity contribution is -0.159. The standard InChI is InChI=1S/C14H17NO5/c1-18-12(16)7-11-9-19-13(11)15-14(17)20-8-10-5-3-2-4-6-10/h2-6,11,13H,7-9H2,1H3,(H,15,17). The Hall–Kier alpha value is -2.08. The summed E-state index contributed by atoms with van der Waals surface area (Å²) in [7, 11) is 1.33. The Morgan fingerprint density at radius 2 is 2.10 bits per heavy atom. The van der Waals surface area contributed by atoms with E-state index in [1.165, 1.54) is 7.11 Å². The molecule has 6 heteroatoms. The average molecular weight is 279 g/mol. The van der Waals surface area contributed by atoms with Crippen molar-refractivity contribution < 1.29 is 23.8 Å². The van der Waals surface area contributed by atoms with Crippen LogP contribution in [0.15, 0.2) is 30.3 Å². The molecule has 20 heavy (non-hydrogen) atoms. The molecule has 108 valence electrons. The molecule has 2 unspecified atom stereocenters. The summed E-state index contributed by atoms with van der Waals surface area (Å²) in [5, 5.41) is 2.57. The molecular formula is C14H17NO5. The van der Waals surface area contributed by atoms with Crippen LogP contribution in [0.2, 0.25) is 0 Å². The predicted molar refractivity (Wildman–Crippen MR) is 69.6 cm³/mol. The number of hydrogen-bond donors (Lipinski definition) is 1. The van der Waals surface area contributed by atoms with Gasteiger partial charge in [0.15, 0.2) is 0 Å². The van der Waals surface area contributed by atoms with Crippen molar-refractivity contribution in [3.63, 3.8) is 0 Å². The number of benzene rings is 1. The van der Waals surface area contributed by atoms with Crippen LogP contribution < -0.4 is 5.32 Å². The molecule has 1 aliphatic rings. The minimum absolute atomic E-state index is 0.0632. The first-order valence-corrected chi connectivity index (χ1v) is 6.34. The van der Waals surface area contributed by atoms with Crippen LogP contribution in [0.3, 0.4) is 0 Å². The monoisotopic (exact) mass is 279 g/mol. The molecule has 1 fully saturated rings. The van der Waals surface area contributed by atoms with Gasteiger partial charge in [-0.1, -0.05) is 30.3 Å². The molecule has 1 amide bonds. The second-order valence-corrected chi connectivity index (χ2v) is 4.50. The van der Waals surface area contributed by atoms with Gasteiger partial charge in [-0.3, -0.25) is 10.1 Å². The maximum atomic E-state index is 11.6. The predicted octanol–water partition coefficient (Wildman–Crippen LogP) is 1.45. The van der Waals surface area contributed by atoms with Gasteiger partial charge in [0.25, 0.3) is 0 Å². The summed E-state index contributed by atoms with van der Waals surface area (Å²) in [5.74, 6) is -0.380. The smallest absolute Gasteiger partial charge is 0.409 e. The van der Waals surface area contributed by atoms with Gasteiger partial charge in [0.05, 0.1) is 20.1 Å². The fraction of sp³-hybridized carbons (Fsp3) is 0.429. The number of alkyl carbamates (subject to hydrolysis) is 1. The summed E-state index contributed by atoms with van der Waals surface area (Å²) in [4.78, 5) is 22.7. The number of carbonyl (C=O) groups is 2. The van der Waals surface area contributed by atoms with E-state index >= 15 is 0 Å². The molecule has 0 spiro atoms. The highest BCUT2D eigenvalue weighted by Gasteiger charge is 2.35. The molecule has 1 aliphatic heterocycles. The first-order valence-electron chi connectivity index (χ1n) is 6.34. The normalized spacial score (nSPS) is 20.6. The van der Waals surface area contributed by atoms with Crippen molar-refractivity contribution in [2.45, 2.75) is 19.3 Å². The average Bonchev–Trinajstić information content (AvgIpc) is 2.48. The minimum atomic E-state index is -0.562. The molecule has 0 aromatic heterocycles. The largest absolute Gasteiger partial charge is 0.469 e. The number of nitrogens with one attached hydrogen (secondary N) is 1. The highest BCUT2D eigenvalue weighted by molar-refractivity contribution is 5.70. The molecule has 0 aliphatic carbocycles. The van der Waals surface area contributed by atoms with Gasteiger partial charge in [0, 0.05) is 5.92 Å². The van der Waals surface area contributed by atoms with Gasteiger partial charge in [-0.25, -0.2) is 4.79 Å². The summed E-state index contributed by atoms with van der Waals surface area (Å²) >= 11 is 0. The molecule has 1 saturated heterocycles. The maximum absolute atomic E-state index is 11.6. The van der Waals surface area contributed by atoms with E-state index in [2.05, 4.69) is 10.1 Å². The van der Waals surface area contributed by atoms with Crippen LogP contribution in [0, 0.1) is 5.92 Å². The van der Waals surface area contributed by atoms with E-state index in [1.54, 1.807) is 0 Å². The first-order chi connectivity index (χ1) is 9.69. The van der Waals surface area contributed by atoms with Crippen molar-refractivity contribution in [2.75, 3.05) is 13.7 Å². The van der Waals surface area contributed by atoms with Gasteiger partial charge < -0.3 is 14.2 Å². The summed E-state index contributed by atoms with van der Waals surface area (Å²) in [6.07, 6.45) is -0.828. The Kier molecular flexibility index (Phi) is 4.95. The topological polar surface area (TPSA) is 73.9 Å². The second-order valence-electron chi connectivity index (χ2n) is 4.50. The Morgan fingerprint density at radius 3 is 2.70 bits per heavy atom. The number of carbonyl (C=O) groups excluding carboxylic acids is 2. The van der Waals surface area contributed by atoms with Gasteiger partial charge in [-0.15, -0.1) is 0 Å². The molecule has 1 aromatic carbocycles. The summed E-state index contributed by atoms with van der Waals surface area (Å²) in [6.45, 7) is 0.625. The van der Waals surface area contributed by atoms with Crippen molar-refractivity contribution in [1.29, 1.82) is 0 Å². The van der Waals surface area contributed by atoms with E-state index in [9.17, 15) is 9.59 Å². The molecule has 1 N–H and O–H groups in total. The second kappa shape index (κ2) is 6.91. The minimum Gasteiger partial charge on any atom is -0.469 e. The zero-order valence-electron chi connectivity index (χ0n) is 11.2. The van der Waals surface area contributed by atoms with Crippen LogP contribution in [-0.2, 0) is 25.6 Å². The van der Waals surface area contributed by atoms with E-state index in [4.69, 9.17) is 9.47 Å². The van der Waals surface area contributed by atoms with Crippen molar-refractivity contribution >= 4 is 12.1 Å². The molecule has 1 aromatic rings. The van der Waals surface area contributed by atoms with Crippen LogP contribution in [0.25, 0.3) is 0 Å². The number of ether oxygens (including phenoxy) is 3. The molecule has 2 rings (SSSR count). The summed E-state index contributed by atoms with van der Waals surface area (Å²) in [5.41, 5.74) is 0.906. The number of hydrogen-bond acceptors (Lipinski definition) is 5. The van der Waals surface area contributed by atoms with Crippen LogP contribution in [0.5, 0.6) is 0 Å². The Labute approximate surface area is 117 Å². The van der Waals surface area contributed by atoms with Crippen molar-refractivity contribution in [2.24, 2.45) is 5.92 Å². The Bertz CT molecular complexity index is 462. The molecular weight excluding hydrogens is 262 g/mol. The van der Waals surface area contributed by atoms with Crippen molar-refractivity contribution in [3.8, 4) is 0 Å². The third kappa shape index (κ3) is 3.96. The Balaban J connectivity index is 1.71. The van der Waals surface area contributed by atoms with Gasteiger partial charge in [0.1, 0.15) is 12.8 Å². The van der Waals surface area contributed by atoms with Crippen LogP contribution in [0.1, 0.15) is 12.0 Å². The number of methoxy groups -OCH3 is 1. The molecule has 2 atom stereocenters. The summed E-state index contributed by atoms with van der Waals surface area (Å²) in [6, 6.07) is 9.37. The summed E-state index contributed by atoms with van der Waals surface area (Å²) < 4.78 is 14.8. The third-order valence-electron chi connectivity index (χ3n) is 3.05. The lowest BCUT2D eigenvalue weighted by Crippen LogP contribution is -2.52. The van der Waals surface area contributed by atoms with Gasteiger partial charge in [-0.2, -0.15) is 0 Å². The number of rotatable bonds is 5. The fourth-order valence-corrected chi connectivity index (χ4v) is 1.83. The molecule has 1 heterocycles.